The summed E-state index contributed by atoms with van der Waals surface area (Å²) in [5.74, 6) is 0. The van der Waals surface area contributed by atoms with Gasteiger partial charge in [0.2, 0.25) is 0 Å². The third-order valence-electron chi connectivity index (χ3n) is 3.66. The third-order valence-corrected chi connectivity index (χ3v) is 3.66. The van der Waals surface area contributed by atoms with Crippen molar-refractivity contribution in [3.05, 3.63) is 79.9 Å². The second kappa shape index (κ2) is 9.45. The van der Waals surface area contributed by atoms with Gasteiger partial charge in [-0.05, 0) is 30.6 Å². The maximum atomic E-state index is 10.6. The number of nitrogens with zero attached hydrogens (tertiary/aromatic N) is 2. The molecule has 2 N–H and O–H groups in total. The predicted octanol–water partition coefficient (Wildman–Crippen LogP) is 2.77. The molecule has 2 rings (SSSR count). The number of nitrogens with one attached hydrogen (secondary N) is 2. The second-order valence-electron chi connectivity index (χ2n) is 5.55. The Kier molecular flexibility index (Phi) is 7.00. The first-order valence-corrected chi connectivity index (χ1v) is 7.94. The van der Waals surface area contributed by atoms with Crippen LogP contribution in [0.2, 0.25) is 0 Å². The maximum Gasteiger partial charge on any atom is 0.269 e. The smallest absolute Gasteiger partial charge is 0.269 e. The monoisotopic (exact) mass is 344 g/mol. The van der Waals surface area contributed by atoms with Crippen LogP contribution < -0.4 is 10.6 Å². The lowest BCUT2D eigenvalue weighted by atomic mass is 10.2. The average Bonchev–Trinajstić information content (AvgIpc) is 2.61. The van der Waals surface area contributed by atoms with Crippen molar-refractivity contribution < 1.29 is 9.85 Å². The normalized spacial score (nSPS) is 10.6. The van der Waals surface area contributed by atoms with Gasteiger partial charge in [0.05, 0.1) is 9.85 Å². The van der Waals surface area contributed by atoms with Crippen LogP contribution in [-0.4, -0.2) is 22.9 Å². The van der Waals surface area contributed by atoms with Crippen LogP contribution >= 0.6 is 0 Å². The molecule has 0 spiro atoms. The fraction of sp³-hybridized carbons (Fsp3) is 0.294. The molecule has 0 aromatic heterocycles. The Bertz CT molecular complexity index is 640. The molecule has 0 unspecified atom stereocenters. The van der Waals surface area contributed by atoms with Gasteiger partial charge >= 0.3 is 0 Å². The molecule has 0 amide bonds. The largest absolute Gasteiger partial charge is 0.313 e. The van der Waals surface area contributed by atoms with Crippen LogP contribution in [0.1, 0.15) is 17.5 Å². The molecule has 0 aliphatic heterocycles. The zero-order chi connectivity index (χ0) is 18.1. The predicted molar refractivity (Wildman–Crippen MR) is 94.2 cm³/mol. The molecule has 8 nitrogen and oxygen atoms in total. The molecule has 0 heterocycles. The molecule has 0 atom stereocenters. The van der Waals surface area contributed by atoms with E-state index in [4.69, 9.17) is 0 Å². The number of nitro groups is 2. The molecule has 0 saturated carbocycles. The summed E-state index contributed by atoms with van der Waals surface area (Å²) in [4.78, 5) is 20.3. The minimum absolute atomic E-state index is 0.0965. The molecule has 8 heteroatoms. The quantitative estimate of drug-likeness (QED) is 0.389. The van der Waals surface area contributed by atoms with Crippen LogP contribution in [0, 0.1) is 20.2 Å². The summed E-state index contributed by atoms with van der Waals surface area (Å²) in [7, 11) is 0. The average molecular weight is 344 g/mol. The topological polar surface area (TPSA) is 110 Å². The van der Waals surface area contributed by atoms with Crippen LogP contribution in [0.3, 0.4) is 0 Å². The molecule has 2 aromatic carbocycles. The van der Waals surface area contributed by atoms with Gasteiger partial charge in [0.1, 0.15) is 0 Å². The van der Waals surface area contributed by atoms with Gasteiger partial charge in [-0.25, -0.2) is 0 Å². The first-order chi connectivity index (χ1) is 12.1. The van der Waals surface area contributed by atoms with Crippen LogP contribution in [-0.2, 0) is 13.1 Å². The molecule has 132 valence electrons. The van der Waals surface area contributed by atoms with Crippen molar-refractivity contribution in [1.29, 1.82) is 0 Å². The highest BCUT2D eigenvalue weighted by molar-refractivity contribution is 5.33. The van der Waals surface area contributed by atoms with E-state index in [0.29, 0.717) is 13.1 Å². The molecule has 0 saturated heterocycles. The lowest BCUT2D eigenvalue weighted by Crippen LogP contribution is -2.21. The fourth-order valence-electron chi connectivity index (χ4n) is 2.27. The van der Waals surface area contributed by atoms with E-state index in [0.717, 1.165) is 30.6 Å². The van der Waals surface area contributed by atoms with Gasteiger partial charge < -0.3 is 10.6 Å². The van der Waals surface area contributed by atoms with Gasteiger partial charge in [0.25, 0.3) is 11.4 Å². The van der Waals surface area contributed by atoms with Gasteiger partial charge in [0.15, 0.2) is 0 Å². The van der Waals surface area contributed by atoms with E-state index in [9.17, 15) is 20.2 Å². The summed E-state index contributed by atoms with van der Waals surface area (Å²) in [5.41, 5.74) is 2.20. The van der Waals surface area contributed by atoms with Crippen molar-refractivity contribution in [2.75, 3.05) is 13.1 Å². The van der Waals surface area contributed by atoms with E-state index < -0.39 is 9.85 Å². The number of non-ortho nitro benzene ring substituents is 2. The first kappa shape index (κ1) is 18.5. The van der Waals surface area contributed by atoms with Crippen LogP contribution in [0.4, 0.5) is 11.4 Å². The SMILES string of the molecule is O=[N+]([O-])c1ccc(CNCCCNCc2ccc([N+](=O)[O-])cc2)cc1. The lowest BCUT2D eigenvalue weighted by Gasteiger charge is -2.07. The number of hydrogen-bond donors (Lipinski definition) is 2. The van der Waals surface area contributed by atoms with Crippen molar-refractivity contribution in [2.24, 2.45) is 0 Å². The summed E-state index contributed by atoms with van der Waals surface area (Å²) in [6.45, 7) is 2.98. The van der Waals surface area contributed by atoms with Gasteiger partial charge in [-0.1, -0.05) is 24.3 Å². The first-order valence-electron chi connectivity index (χ1n) is 7.94. The molecule has 0 fully saturated rings. The highest BCUT2D eigenvalue weighted by Crippen LogP contribution is 2.12. The van der Waals surface area contributed by atoms with E-state index in [1.807, 2.05) is 0 Å². The Morgan fingerprint density at radius 2 is 1.04 bits per heavy atom. The Labute approximate surface area is 145 Å². The van der Waals surface area contributed by atoms with E-state index in [1.165, 1.54) is 24.3 Å². The molecule has 25 heavy (non-hydrogen) atoms. The molecular formula is C17H20N4O4. The van der Waals surface area contributed by atoms with Gasteiger partial charge in [-0.15, -0.1) is 0 Å². The van der Waals surface area contributed by atoms with Gasteiger partial charge in [-0.3, -0.25) is 20.2 Å². The van der Waals surface area contributed by atoms with E-state index in [2.05, 4.69) is 10.6 Å². The van der Waals surface area contributed by atoms with E-state index in [1.54, 1.807) is 24.3 Å². The molecule has 0 radical (unpaired) electrons. The van der Waals surface area contributed by atoms with Crippen LogP contribution in [0.5, 0.6) is 0 Å². The standard InChI is InChI=1S/C17H20N4O4/c22-20(23)16-6-2-14(3-7-16)12-18-10-1-11-19-13-15-4-8-17(9-5-15)21(24)25/h2-9,18-19H,1,10-13H2. The van der Waals surface area contributed by atoms with Crippen LogP contribution in [0.25, 0.3) is 0 Å². The molecule has 0 bridgehead atoms. The Morgan fingerprint density at radius 1 is 0.680 bits per heavy atom. The zero-order valence-electron chi connectivity index (χ0n) is 13.7. The summed E-state index contributed by atoms with van der Waals surface area (Å²) < 4.78 is 0. The van der Waals surface area contributed by atoms with Crippen molar-refractivity contribution in [3.63, 3.8) is 0 Å². The van der Waals surface area contributed by atoms with Gasteiger partial charge in [0, 0.05) is 37.4 Å². The molecule has 2 aromatic rings. The molecule has 0 aliphatic carbocycles. The summed E-state index contributed by atoms with van der Waals surface area (Å²) in [6.07, 6.45) is 0.931. The lowest BCUT2D eigenvalue weighted by molar-refractivity contribution is -0.385. The van der Waals surface area contributed by atoms with E-state index in [-0.39, 0.29) is 11.4 Å². The second-order valence-corrected chi connectivity index (χ2v) is 5.55. The Balaban J connectivity index is 1.57. The summed E-state index contributed by atoms with van der Waals surface area (Å²) in [5, 5.41) is 27.7. The number of nitro benzene ring substituents is 2. The Morgan fingerprint density at radius 3 is 1.36 bits per heavy atom. The molecule has 0 aliphatic rings. The van der Waals surface area contributed by atoms with Crippen LogP contribution in [0.15, 0.2) is 48.5 Å². The highest BCUT2D eigenvalue weighted by atomic mass is 16.6. The van der Waals surface area contributed by atoms with Crippen molar-refractivity contribution in [2.45, 2.75) is 19.5 Å². The minimum atomic E-state index is -0.409. The van der Waals surface area contributed by atoms with Crippen molar-refractivity contribution in [3.8, 4) is 0 Å². The summed E-state index contributed by atoms with van der Waals surface area (Å²) >= 11 is 0. The minimum Gasteiger partial charge on any atom is -0.313 e. The highest BCUT2D eigenvalue weighted by Gasteiger charge is 2.04. The van der Waals surface area contributed by atoms with Gasteiger partial charge in [-0.2, -0.15) is 0 Å². The number of hydrogen-bond acceptors (Lipinski definition) is 6. The number of rotatable bonds is 10. The zero-order valence-corrected chi connectivity index (χ0v) is 13.7. The van der Waals surface area contributed by atoms with E-state index >= 15 is 0 Å². The third kappa shape index (κ3) is 6.28. The fourth-order valence-corrected chi connectivity index (χ4v) is 2.27. The maximum absolute atomic E-state index is 10.6. The van der Waals surface area contributed by atoms with Crippen molar-refractivity contribution >= 4 is 11.4 Å². The summed E-state index contributed by atoms with van der Waals surface area (Å²) in [6, 6.07) is 13.0. The molecular weight excluding hydrogens is 324 g/mol. The Hall–Kier alpha value is -2.84. The van der Waals surface area contributed by atoms with Crippen molar-refractivity contribution in [1.82, 2.24) is 10.6 Å². The number of benzene rings is 2.